The molecule has 2 aromatic rings. The van der Waals surface area contributed by atoms with Gasteiger partial charge in [0.1, 0.15) is 5.75 Å². The number of methoxy groups -OCH3 is 1. The van der Waals surface area contributed by atoms with Crippen molar-refractivity contribution in [2.24, 2.45) is 0 Å². The highest BCUT2D eigenvalue weighted by atomic mass is 35.5. The molecule has 0 fully saturated rings. The van der Waals surface area contributed by atoms with Crippen molar-refractivity contribution in [3.8, 4) is 16.9 Å². The molecule has 0 amide bonds. The Hall–Kier alpha value is -1.51. The second-order valence-electron chi connectivity index (χ2n) is 3.69. The summed E-state index contributed by atoms with van der Waals surface area (Å²) in [6, 6.07) is 10.3. The highest BCUT2D eigenvalue weighted by Gasteiger charge is 2.11. The highest BCUT2D eigenvalue weighted by Crippen LogP contribution is 2.35. The highest BCUT2D eigenvalue weighted by molar-refractivity contribution is 6.31. The summed E-state index contributed by atoms with van der Waals surface area (Å²) in [5.41, 5.74) is 1.99. The fourth-order valence-electron chi connectivity index (χ4n) is 1.76. The second kappa shape index (κ2) is 5.42. The maximum absolute atomic E-state index is 11.1. The van der Waals surface area contributed by atoms with Crippen LogP contribution < -0.4 is 4.74 Å². The van der Waals surface area contributed by atoms with Crippen LogP contribution in [0.2, 0.25) is 10.0 Å². The van der Waals surface area contributed by atoms with Gasteiger partial charge in [0.05, 0.1) is 7.11 Å². The number of carbonyl (C=O) groups excluding carboxylic acids is 1. The first-order chi connectivity index (χ1) is 8.65. The predicted octanol–water partition coefficient (Wildman–Crippen LogP) is 4.48. The summed E-state index contributed by atoms with van der Waals surface area (Å²) in [5.74, 6) is 0.643. The Balaban J connectivity index is 2.70. The number of aldehydes is 1. The van der Waals surface area contributed by atoms with Crippen LogP contribution in [0, 0.1) is 0 Å². The first-order valence-corrected chi connectivity index (χ1v) is 6.00. The molecule has 0 saturated carbocycles. The van der Waals surface area contributed by atoms with Gasteiger partial charge in [-0.3, -0.25) is 4.79 Å². The summed E-state index contributed by atoms with van der Waals surface area (Å²) in [6.07, 6.45) is 0.784. The number of hydrogen-bond acceptors (Lipinski definition) is 2. The minimum atomic E-state index is 0.542. The molecule has 0 aromatic heterocycles. The molecule has 2 aromatic carbocycles. The van der Waals surface area contributed by atoms with E-state index >= 15 is 0 Å². The standard InChI is InChI=1S/C14H10Cl2O2/c1-18-14-5-4-11(16)7-13(14)12-6-10(15)3-2-9(12)8-17/h2-8H,1H3. The topological polar surface area (TPSA) is 26.3 Å². The van der Waals surface area contributed by atoms with E-state index in [0.29, 0.717) is 26.9 Å². The van der Waals surface area contributed by atoms with E-state index in [1.54, 1.807) is 43.5 Å². The van der Waals surface area contributed by atoms with Gasteiger partial charge in [-0.05, 0) is 42.0 Å². The number of rotatable bonds is 3. The second-order valence-corrected chi connectivity index (χ2v) is 4.57. The largest absolute Gasteiger partial charge is 0.496 e. The van der Waals surface area contributed by atoms with Crippen molar-refractivity contribution >= 4 is 29.5 Å². The zero-order valence-electron chi connectivity index (χ0n) is 9.61. The van der Waals surface area contributed by atoms with Crippen LogP contribution in [0.4, 0.5) is 0 Å². The van der Waals surface area contributed by atoms with Crippen molar-refractivity contribution < 1.29 is 9.53 Å². The van der Waals surface area contributed by atoms with E-state index in [1.807, 2.05) is 0 Å². The molecule has 0 N–H and O–H groups in total. The van der Waals surface area contributed by atoms with E-state index in [4.69, 9.17) is 27.9 Å². The van der Waals surface area contributed by atoms with Crippen LogP contribution >= 0.6 is 23.2 Å². The van der Waals surface area contributed by atoms with Crippen molar-refractivity contribution in [3.63, 3.8) is 0 Å². The number of halogens is 2. The Morgan fingerprint density at radius 2 is 1.61 bits per heavy atom. The Morgan fingerprint density at radius 3 is 2.22 bits per heavy atom. The van der Waals surface area contributed by atoms with Gasteiger partial charge in [-0.25, -0.2) is 0 Å². The van der Waals surface area contributed by atoms with E-state index in [1.165, 1.54) is 0 Å². The number of carbonyl (C=O) groups is 1. The average Bonchev–Trinajstić information content (AvgIpc) is 2.38. The van der Waals surface area contributed by atoms with Gasteiger partial charge in [0.2, 0.25) is 0 Å². The molecule has 0 heterocycles. The van der Waals surface area contributed by atoms with Crippen molar-refractivity contribution in [2.45, 2.75) is 0 Å². The molecule has 4 heteroatoms. The molecule has 92 valence electrons. The van der Waals surface area contributed by atoms with Crippen molar-refractivity contribution in [2.75, 3.05) is 7.11 Å². The molecule has 2 nitrogen and oxygen atoms in total. The summed E-state index contributed by atoms with van der Waals surface area (Å²) in [4.78, 5) is 11.1. The maximum Gasteiger partial charge on any atom is 0.150 e. The zero-order valence-corrected chi connectivity index (χ0v) is 11.1. The van der Waals surface area contributed by atoms with Gasteiger partial charge in [0.15, 0.2) is 6.29 Å². The Morgan fingerprint density at radius 1 is 1.00 bits per heavy atom. The van der Waals surface area contributed by atoms with Crippen molar-refractivity contribution in [1.82, 2.24) is 0 Å². The third-order valence-corrected chi connectivity index (χ3v) is 3.06. The fraction of sp³-hybridized carbons (Fsp3) is 0.0714. The summed E-state index contributed by atoms with van der Waals surface area (Å²) >= 11 is 12.0. The maximum atomic E-state index is 11.1. The van der Waals surface area contributed by atoms with Crippen LogP contribution in [-0.2, 0) is 0 Å². The minimum absolute atomic E-state index is 0.542. The van der Waals surface area contributed by atoms with Gasteiger partial charge in [-0.1, -0.05) is 23.2 Å². The molecular weight excluding hydrogens is 271 g/mol. The van der Waals surface area contributed by atoms with Crippen LogP contribution in [0.1, 0.15) is 10.4 Å². The Kier molecular flexibility index (Phi) is 3.90. The lowest BCUT2D eigenvalue weighted by Gasteiger charge is -2.11. The molecule has 0 unspecified atom stereocenters. The summed E-state index contributed by atoms with van der Waals surface area (Å²) in [7, 11) is 1.57. The number of benzene rings is 2. The molecule has 0 aliphatic carbocycles. The van der Waals surface area contributed by atoms with E-state index in [2.05, 4.69) is 0 Å². The normalized spacial score (nSPS) is 10.2. The lowest BCUT2D eigenvalue weighted by molar-refractivity contribution is 0.112. The van der Waals surface area contributed by atoms with Crippen molar-refractivity contribution in [3.05, 3.63) is 52.0 Å². The van der Waals surface area contributed by atoms with Gasteiger partial charge in [-0.2, -0.15) is 0 Å². The Labute approximate surface area is 115 Å². The third kappa shape index (κ3) is 2.50. The van der Waals surface area contributed by atoms with Crippen LogP contribution in [0.3, 0.4) is 0 Å². The molecule has 0 bridgehead atoms. The molecule has 0 aliphatic rings. The molecule has 18 heavy (non-hydrogen) atoms. The molecule has 0 radical (unpaired) electrons. The molecular formula is C14H10Cl2O2. The van der Waals surface area contributed by atoms with Crippen LogP contribution in [-0.4, -0.2) is 13.4 Å². The molecule has 2 rings (SSSR count). The van der Waals surface area contributed by atoms with E-state index in [-0.39, 0.29) is 0 Å². The van der Waals surface area contributed by atoms with Gasteiger partial charge in [-0.15, -0.1) is 0 Å². The minimum Gasteiger partial charge on any atom is -0.496 e. The summed E-state index contributed by atoms with van der Waals surface area (Å²) in [5, 5.41) is 1.13. The lowest BCUT2D eigenvalue weighted by atomic mass is 9.99. The molecule has 0 saturated heterocycles. The first kappa shape index (κ1) is 12.9. The van der Waals surface area contributed by atoms with E-state index < -0.39 is 0 Å². The van der Waals surface area contributed by atoms with E-state index in [9.17, 15) is 4.79 Å². The smallest absolute Gasteiger partial charge is 0.150 e. The third-order valence-electron chi connectivity index (χ3n) is 2.59. The monoisotopic (exact) mass is 280 g/mol. The van der Waals surface area contributed by atoms with E-state index in [0.717, 1.165) is 11.8 Å². The van der Waals surface area contributed by atoms with Gasteiger partial charge in [0, 0.05) is 21.2 Å². The number of hydrogen-bond donors (Lipinski definition) is 0. The molecule has 0 aliphatic heterocycles. The van der Waals surface area contributed by atoms with Crippen LogP contribution in [0.15, 0.2) is 36.4 Å². The zero-order chi connectivity index (χ0) is 13.1. The number of ether oxygens (including phenoxy) is 1. The van der Waals surface area contributed by atoms with Gasteiger partial charge >= 0.3 is 0 Å². The molecule has 0 spiro atoms. The van der Waals surface area contributed by atoms with Gasteiger partial charge in [0.25, 0.3) is 0 Å². The first-order valence-electron chi connectivity index (χ1n) is 5.24. The quantitative estimate of drug-likeness (QED) is 0.775. The van der Waals surface area contributed by atoms with Crippen LogP contribution in [0.25, 0.3) is 11.1 Å². The Bertz CT molecular complexity index is 594. The SMILES string of the molecule is COc1ccc(Cl)cc1-c1cc(Cl)ccc1C=O. The molecule has 0 atom stereocenters. The van der Waals surface area contributed by atoms with Crippen molar-refractivity contribution in [1.29, 1.82) is 0 Å². The summed E-state index contributed by atoms with van der Waals surface area (Å²) < 4.78 is 5.28. The van der Waals surface area contributed by atoms with Gasteiger partial charge < -0.3 is 4.74 Å². The average molecular weight is 281 g/mol. The predicted molar refractivity (Wildman–Crippen MR) is 73.8 cm³/mol. The summed E-state index contributed by atoms with van der Waals surface area (Å²) in [6.45, 7) is 0. The fourth-order valence-corrected chi connectivity index (χ4v) is 2.10. The van der Waals surface area contributed by atoms with Crippen LogP contribution in [0.5, 0.6) is 5.75 Å². The lowest BCUT2D eigenvalue weighted by Crippen LogP contribution is -1.92.